The summed E-state index contributed by atoms with van der Waals surface area (Å²) in [6.07, 6.45) is -0.589. The van der Waals surface area contributed by atoms with Crippen LogP contribution in [0.5, 0.6) is 0 Å². The highest BCUT2D eigenvalue weighted by Crippen LogP contribution is 2.35. The number of ether oxygens (including phenoxy) is 1. The van der Waals surface area contributed by atoms with Crippen LogP contribution < -0.4 is 0 Å². The number of aromatic nitrogens is 1. The highest BCUT2D eigenvalue weighted by molar-refractivity contribution is 9.10. The molecule has 0 spiro atoms. The van der Waals surface area contributed by atoms with Crippen molar-refractivity contribution in [2.75, 3.05) is 0 Å². The van der Waals surface area contributed by atoms with Crippen LogP contribution in [0.2, 0.25) is 0 Å². The number of halogens is 1. The molecule has 1 amide bonds. The standard InChI is InChI=1S/C24H20BrN3O2/c1-3-27-21-7-5-4-6-19(21)20-14-17(10-13-22(20)27)24-28(15(2)29)26-23(30-24)16-8-11-18(25)12-9-16/h4-14,24H,3H2,1-2H3. The van der Waals surface area contributed by atoms with Crippen molar-refractivity contribution in [1.82, 2.24) is 9.58 Å². The summed E-state index contributed by atoms with van der Waals surface area (Å²) in [5, 5.41) is 8.22. The van der Waals surface area contributed by atoms with Gasteiger partial charge in [-0.2, -0.15) is 5.01 Å². The van der Waals surface area contributed by atoms with Crippen molar-refractivity contribution in [1.29, 1.82) is 0 Å². The molecule has 2 heterocycles. The van der Waals surface area contributed by atoms with Crippen molar-refractivity contribution in [2.24, 2.45) is 5.10 Å². The summed E-state index contributed by atoms with van der Waals surface area (Å²) in [7, 11) is 0. The average molecular weight is 462 g/mol. The normalized spacial score (nSPS) is 16.2. The zero-order valence-corrected chi connectivity index (χ0v) is 18.3. The molecule has 1 aliphatic heterocycles. The van der Waals surface area contributed by atoms with Gasteiger partial charge in [0.05, 0.1) is 0 Å². The van der Waals surface area contributed by atoms with Gasteiger partial charge in [-0.25, -0.2) is 0 Å². The Bertz CT molecular complexity index is 1310. The van der Waals surface area contributed by atoms with Gasteiger partial charge in [0.2, 0.25) is 18.0 Å². The fourth-order valence-corrected chi connectivity index (χ4v) is 4.32. The summed E-state index contributed by atoms with van der Waals surface area (Å²) >= 11 is 3.44. The molecule has 5 nitrogen and oxygen atoms in total. The number of para-hydroxylation sites is 1. The van der Waals surface area contributed by atoms with Gasteiger partial charge in [-0.05, 0) is 49.4 Å². The maximum absolute atomic E-state index is 12.3. The lowest BCUT2D eigenvalue weighted by molar-refractivity contribution is -0.135. The van der Waals surface area contributed by atoms with Crippen LogP contribution in [-0.4, -0.2) is 21.4 Å². The number of carbonyl (C=O) groups is 1. The number of fused-ring (bicyclic) bond motifs is 3. The number of aryl methyl sites for hydroxylation is 1. The molecule has 0 bridgehead atoms. The Morgan fingerprint density at radius 1 is 1.03 bits per heavy atom. The van der Waals surface area contributed by atoms with E-state index in [-0.39, 0.29) is 5.91 Å². The van der Waals surface area contributed by atoms with Gasteiger partial charge in [-0.15, -0.1) is 5.10 Å². The van der Waals surface area contributed by atoms with Crippen LogP contribution in [0, 0.1) is 0 Å². The second-order valence-electron chi connectivity index (χ2n) is 7.28. The van der Waals surface area contributed by atoms with Crippen LogP contribution in [-0.2, 0) is 16.1 Å². The highest BCUT2D eigenvalue weighted by Gasteiger charge is 2.33. The quantitative estimate of drug-likeness (QED) is 0.386. The lowest BCUT2D eigenvalue weighted by atomic mass is 10.1. The molecular formula is C24H20BrN3O2. The first kappa shape index (κ1) is 18.9. The maximum atomic E-state index is 12.3. The van der Waals surface area contributed by atoms with Gasteiger partial charge in [-0.1, -0.05) is 40.2 Å². The number of hydrogen-bond acceptors (Lipinski definition) is 3. The number of amides is 1. The molecule has 4 aromatic rings. The molecule has 150 valence electrons. The first-order valence-corrected chi connectivity index (χ1v) is 10.7. The van der Waals surface area contributed by atoms with E-state index >= 15 is 0 Å². The second-order valence-corrected chi connectivity index (χ2v) is 8.20. The number of hydrogen-bond donors (Lipinski definition) is 0. The third kappa shape index (κ3) is 2.99. The fourth-order valence-electron chi connectivity index (χ4n) is 4.06. The zero-order chi connectivity index (χ0) is 20.8. The molecule has 6 heteroatoms. The molecule has 1 atom stereocenters. The fraction of sp³-hybridized carbons (Fsp3) is 0.167. The smallest absolute Gasteiger partial charge is 0.243 e. The van der Waals surface area contributed by atoms with Crippen LogP contribution in [0.1, 0.15) is 31.2 Å². The van der Waals surface area contributed by atoms with E-state index in [1.54, 1.807) is 0 Å². The highest BCUT2D eigenvalue weighted by atomic mass is 79.9. The van der Waals surface area contributed by atoms with Crippen molar-refractivity contribution < 1.29 is 9.53 Å². The monoisotopic (exact) mass is 461 g/mol. The van der Waals surface area contributed by atoms with Crippen molar-refractivity contribution in [3.8, 4) is 0 Å². The lowest BCUT2D eigenvalue weighted by Gasteiger charge is -2.19. The molecule has 0 fully saturated rings. The van der Waals surface area contributed by atoms with Crippen LogP contribution in [0.3, 0.4) is 0 Å². The largest absolute Gasteiger partial charge is 0.446 e. The van der Waals surface area contributed by atoms with Gasteiger partial charge in [0, 0.05) is 50.9 Å². The number of carbonyl (C=O) groups excluding carboxylic acids is 1. The summed E-state index contributed by atoms with van der Waals surface area (Å²) in [5.74, 6) is 0.280. The first-order chi connectivity index (χ1) is 14.6. The summed E-state index contributed by atoms with van der Waals surface area (Å²) in [4.78, 5) is 12.3. The van der Waals surface area contributed by atoms with Crippen LogP contribution >= 0.6 is 15.9 Å². The molecule has 0 saturated carbocycles. The molecular weight excluding hydrogens is 442 g/mol. The van der Waals surface area contributed by atoms with Gasteiger partial charge in [0.15, 0.2) is 0 Å². The Labute approximate surface area is 182 Å². The Kier molecular flexibility index (Phi) is 4.59. The predicted molar refractivity (Wildman–Crippen MR) is 122 cm³/mol. The van der Waals surface area contributed by atoms with Crippen molar-refractivity contribution in [3.05, 3.63) is 82.3 Å². The van der Waals surface area contributed by atoms with Crippen LogP contribution in [0.25, 0.3) is 21.8 Å². The lowest BCUT2D eigenvalue weighted by Crippen LogP contribution is -2.25. The summed E-state index contributed by atoms with van der Waals surface area (Å²) < 4.78 is 9.45. The molecule has 1 aliphatic rings. The van der Waals surface area contributed by atoms with E-state index in [2.05, 4.69) is 68.9 Å². The van der Waals surface area contributed by atoms with Gasteiger partial charge >= 0.3 is 0 Å². The number of nitrogens with zero attached hydrogens (tertiary/aromatic N) is 3. The molecule has 3 aromatic carbocycles. The Hall–Kier alpha value is -3.12. The molecule has 1 unspecified atom stereocenters. The zero-order valence-electron chi connectivity index (χ0n) is 16.7. The molecule has 1 aromatic heterocycles. The number of hydrazone groups is 1. The first-order valence-electron chi connectivity index (χ1n) is 9.88. The van der Waals surface area contributed by atoms with Crippen LogP contribution in [0.4, 0.5) is 0 Å². The van der Waals surface area contributed by atoms with Gasteiger partial charge in [0.25, 0.3) is 0 Å². The van der Waals surface area contributed by atoms with E-state index in [0.717, 1.165) is 27.5 Å². The molecule has 0 N–H and O–H groups in total. The average Bonchev–Trinajstić information content (AvgIpc) is 3.34. The topological polar surface area (TPSA) is 46.8 Å². The SMILES string of the molecule is CCn1c2ccccc2c2cc(C3OC(c4ccc(Br)cc4)=NN3C(C)=O)ccc21. The van der Waals surface area contributed by atoms with E-state index in [1.807, 2.05) is 30.3 Å². The summed E-state index contributed by atoms with van der Waals surface area (Å²) in [6.45, 7) is 4.54. The van der Waals surface area contributed by atoms with Gasteiger partial charge in [0.1, 0.15) is 0 Å². The predicted octanol–water partition coefficient (Wildman–Crippen LogP) is 5.82. The Balaban J connectivity index is 1.60. The van der Waals surface area contributed by atoms with E-state index in [4.69, 9.17) is 4.74 Å². The third-order valence-corrected chi connectivity index (χ3v) is 5.98. The van der Waals surface area contributed by atoms with Gasteiger partial charge in [-0.3, -0.25) is 4.79 Å². The van der Waals surface area contributed by atoms with Crippen LogP contribution in [0.15, 0.2) is 76.3 Å². The molecule has 0 saturated heterocycles. The minimum atomic E-state index is -0.589. The van der Waals surface area contributed by atoms with E-state index in [1.165, 1.54) is 28.4 Å². The molecule has 5 rings (SSSR count). The maximum Gasteiger partial charge on any atom is 0.243 e. The van der Waals surface area contributed by atoms with Crippen molar-refractivity contribution >= 4 is 49.5 Å². The van der Waals surface area contributed by atoms with E-state index in [9.17, 15) is 4.79 Å². The Morgan fingerprint density at radius 2 is 1.77 bits per heavy atom. The minimum absolute atomic E-state index is 0.164. The van der Waals surface area contributed by atoms with Gasteiger partial charge < -0.3 is 9.30 Å². The van der Waals surface area contributed by atoms with Crippen molar-refractivity contribution in [3.63, 3.8) is 0 Å². The third-order valence-electron chi connectivity index (χ3n) is 5.46. The molecule has 0 radical (unpaired) electrons. The molecule has 0 aliphatic carbocycles. The molecule has 30 heavy (non-hydrogen) atoms. The summed E-state index contributed by atoms with van der Waals surface area (Å²) in [5.41, 5.74) is 4.10. The van der Waals surface area contributed by atoms with E-state index in [0.29, 0.717) is 5.90 Å². The minimum Gasteiger partial charge on any atom is -0.446 e. The second kappa shape index (κ2) is 7.29. The number of rotatable bonds is 3. The van der Waals surface area contributed by atoms with Crippen molar-refractivity contribution in [2.45, 2.75) is 26.6 Å². The van der Waals surface area contributed by atoms with E-state index < -0.39 is 6.23 Å². The Morgan fingerprint density at radius 3 is 2.50 bits per heavy atom. The summed E-state index contributed by atoms with van der Waals surface area (Å²) in [6, 6.07) is 22.3. The number of benzene rings is 3.